The highest BCUT2D eigenvalue weighted by Gasteiger charge is 2.23. The van der Waals surface area contributed by atoms with Crippen LogP contribution in [0.15, 0.2) is 48.5 Å². The quantitative estimate of drug-likeness (QED) is 0.311. The van der Waals surface area contributed by atoms with Gasteiger partial charge in [0.25, 0.3) is 0 Å². The van der Waals surface area contributed by atoms with E-state index in [0.29, 0.717) is 45.9 Å². The summed E-state index contributed by atoms with van der Waals surface area (Å²) in [4.78, 5) is 9.46. The standard InChI is InChI=1S/C26H24ClF3N4/c27-18-7-4-8-20(29)24(18)26-32-22-11-12-23(31-14-17-9-10-19(28)21(30)13-17)33-25(22)34(26)15-16-5-2-1-3-6-16/h4,7-13,16H,1-3,5-6,14-15H2,(H,31,33). The molecule has 0 atom stereocenters. The zero-order chi connectivity index (χ0) is 23.7. The lowest BCUT2D eigenvalue weighted by molar-refractivity contribution is 0.322. The Morgan fingerprint density at radius 2 is 1.74 bits per heavy atom. The van der Waals surface area contributed by atoms with Gasteiger partial charge in [0.05, 0.1) is 10.6 Å². The zero-order valence-corrected chi connectivity index (χ0v) is 19.3. The van der Waals surface area contributed by atoms with Crippen molar-refractivity contribution >= 4 is 28.6 Å². The van der Waals surface area contributed by atoms with Crippen molar-refractivity contribution in [1.82, 2.24) is 14.5 Å². The summed E-state index contributed by atoms with van der Waals surface area (Å²) in [7, 11) is 0. The normalized spacial score (nSPS) is 14.6. The highest BCUT2D eigenvalue weighted by atomic mass is 35.5. The lowest BCUT2D eigenvalue weighted by atomic mass is 9.89. The Balaban J connectivity index is 1.52. The third-order valence-electron chi connectivity index (χ3n) is 6.40. The monoisotopic (exact) mass is 484 g/mol. The fraction of sp³-hybridized carbons (Fsp3) is 0.308. The molecule has 1 saturated carbocycles. The van der Waals surface area contributed by atoms with Crippen LogP contribution in [0, 0.1) is 23.4 Å². The minimum Gasteiger partial charge on any atom is -0.366 e. The van der Waals surface area contributed by atoms with E-state index in [1.807, 2.05) is 10.6 Å². The van der Waals surface area contributed by atoms with E-state index in [-0.39, 0.29) is 12.1 Å². The molecule has 34 heavy (non-hydrogen) atoms. The predicted octanol–water partition coefficient (Wildman–Crippen LogP) is 7.36. The van der Waals surface area contributed by atoms with Gasteiger partial charge in [-0.1, -0.05) is 43.0 Å². The minimum atomic E-state index is -0.889. The molecule has 8 heteroatoms. The first-order chi connectivity index (χ1) is 16.5. The highest BCUT2D eigenvalue weighted by molar-refractivity contribution is 6.33. The van der Waals surface area contributed by atoms with Crippen molar-refractivity contribution in [3.63, 3.8) is 0 Å². The number of benzene rings is 2. The number of fused-ring (bicyclic) bond motifs is 1. The molecule has 4 aromatic rings. The van der Waals surface area contributed by atoms with E-state index >= 15 is 0 Å². The second-order valence-corrected chi connectivity index (χ2v) is 9.20. The molecule has 1 aliphatic rings. The Hall–Kier alpha value is -3.06. The Morgan fingerprint density at radius 1 is 0.912 bits per heavy atom. The average Bonchev–Trinajstić information content (AvgIpc) is 3.17. The average molecular weight is 485 g/mol. The van der Waals surface area contributed by atoms with Crippen LogP contribution < -0.4 is 5.32 Å². The molecule has 4 nitrogen and oxygen atoms in total. The molecule has 176 valence electrons. The second kappa shape index (κ2) is 9.66. The molecule has 2 aromatic carbocycles. The summed E-state index contributed by atoms with van der Waals surface area (Å²) in [6.07, 6.45) is 5.82. The van der Waals surface area contributed by atoms with Gasteiger partial charge in [0, 0.05) is 13.1 Å². The molecule has 2 aromatic heterocycles. The van der Waals surface area contributed by atoms with E-state index in [0.717, 1.165) is 25.0 Å². The molecule has 1 fully saturated rings. The predicted molar refractivity (Wildman–Crippen MR) is 128 cm³/mol. The third kappa shape index (κ3) is 4.62. The molecule has 5 rings (SSSR count). The number of nitrogens with one attached hydrogen (secondary N) is 1. The summed E-state index contributed by atoms with van der Waals surface area (Å²) in [5.74, 6) is -0.712. The number of aromatic nitrogens is 3. The summed E-state index contributed by atoms with van der Waals surface area (Å²) in [5.41, 5.74) is 2.14. The van der Waals surface area contributed by atoms with Crippen LogP contribution in [0.5, 0.6) is 0 Å². The van der Waals surface area contributed by atoms with E-state index in [1.165, 1.54) is 31.4 Å². The van der Waals surface area contributed by atoms with Crippen LogP contribution in [-0.4, -0.2) is 14.5 Å². The SMILES string of the molecule is Fc1ccc(CNc2ccc3nc(-c4c(F)cccc4Cl)n(CC4CCCCC4)c3n2)cc1F. The fourth-order valence-electron chi connectivity index (χ4n) is 4.65. The molecule has 0 saturated heterocycles. The maximum atomic E-state index is 14.8. The Bertz CT molecular complexity index is 1310. The fourth-order valence-corrected chi connectivity index (χ4v) is 4.89. The summed E-state index contributed by atoms with van der Waals surface area (Å²) < 4.78 is 43.6. The molecule has 1 aliphatic carbocycles. The van der Waals surface area contributed by atoms with Gasteiger partial charge in [-0.3, -0.25) is 0 Å². The number of anilines is 1. The molecule has 0 amide bonds. The second-order valence-electron chi connectivity index (χ2n) is 8.79. The van der Waals surface area contributed by atoms with Gasteiger partial charge < -0.3 is 9.88 Å². The maximum Gasteiger partial charge on any atom is 0.162 e. The number of rotatable bonds is 6. The van der Waals surface area contributed by atoms with Gasteiger partial charge in [0.15, 0.2) is 17.3 Å². The molecule has 0 bridgehead atoms. The highest BCUT2D eigenvalue weighted by Crippen LogP contribution is 2.35. The summed E-state index contributed by atoms with van der Waals surface area (Å²) >= 11 is 6.40. The van der Waals surface area contributed by atoms with Crippen molar-refractivity contribution in [1.29, 1.82) is 0 Å². The van der Waals surface area contributed by atoms with Gasteiger partial charge in [-0.25, -0.2) is 23.1 Å². The third-order valence-corrected chi connectivity index (χ3v) is 6.72. The number of pyridine rings is 1. The van der Waals surface area contributed by atoms with E-state index in [2.05, 4.69) is 5.32 Å². The number of imidazole rings is 1. The van der Waals surface area contributed by atoms with Gasteiger partial charge in [-0.15, -0.1) is 0 Å². The van der Waals surface area contributed by atoms with Crippen LogP contribution in [-0.2, 0) is 13.1 Å². The van der Waals surface area contributed by atoms with Crippen LogP contribution in [0.2, 0.25) is 5.02 Å². The number of halogens is 4. The molecular weight excluding hydrogens is 461 g/mol. The van der Waals surface area contributed by atoms with Gasteiger partial charge >= 0.3 is 0 Å². The van der Waals surface area contributed by atoms with E-state index in [9.17, 15) is 13.2 Å². The largest absolute Gasteiger partial charge is 0.366 e. The van der Waals surface area contributed by atoms with Crippen molar-refractivity contribution in [2.24, 2.45) is 5.92 Å². The molecule has 0 unspecified atom stereocenters. The van der Waals surface area contributed by atoms with Crippen molar-refractivity contribution in [3.05, 3.63) is 76.6 Å². The number of nitrogens with zero attached hydrogens (tertiary/aromatic N) is 3. The van der Waals surface area contributed by atoms with E-state index < -0.39 is 17.5 Å². The van der Waals surface area contributed by atoms with Crippen molar-refractivity contribution < 1.29 is 13.2 Å². The van der Waals surface area contributed by atoms with Crippen molar-refractivity contribution in [3.8, 4) is 11.4 Å². The Labute approximate surface area is 200 Å². The molecule has 0 radical (unpaired) electrons. The van der Waals surface area contributed by atoms with Crippen LogP contribution in [0.1, 0.15) is 37.7 Å². The smallest absolute Gasteiger partial charge is 0.162 e. The first kappa shape index (κ1) is 22.7. The lowest BCUT2D eigenvalue weighted by Gasteiger charge is -2.23. The lowest BCUT2D eigenvalue weighted by Crippen LogP contribution is -2.15. The van der Waals surface area contributed by atoms with Crippen LogP contribution in [0.25, 0.3) is 22.6 Å². The van der Waals surface area contributed by atoms with Crippen molar-refractivity contribution in [2.45, 2.75) is 45.2 Å². The Kier molecular flexibility index (Phi) is 6.46. The summed E-state index contributed by atoms with van der Waals surface area (Å²) in [5, 5.41) is 3.46. The molecule has 2 heterocycles. The van der Waals surface area contributed by atoms with Gasteiger partial charge in [-0.2, -0.15) is 0 Å². The number of hydrogen-bond donors (Lipinski definition) is 1. The molecule has 0 spiro atoms. The molecule has 0 aliphatic heterocycles. The summed E-state index contributed by atoms with van der Waals surface area (Å²) in [6.45, 7) is 0.953. The number of hydrogen-bond acceptors (Lipinski definition) is 3. The van der Waals surface area contributed by atoms with Gasteiger partial charge in [-0.05, 0) is 60.7 Å². The van der Waals surface area contributed by atoms with Gasteiger partial charge in [0.1, 0.15) is 23.0 Å². The maximum absolute atomic E-state index is 14.8. The topological polar surface area (TPSA) is 42.7 Å². The minimum absolute atomic E-state index is 0.272. The van der Waals surface area contributed by atoms with E-state index in [1.54, 1.807) is 18.2 Å². The Morgan fingerprint density at radius 3 is 2.50 bits per heavy atom. The molecule has 1 N–H and O–H groups in total. The van der Waals surface area contributed by atoms with Gasteiger partial charge in [0.2, 0.25) is 0 Å². The summed E-state index contributed by atoms with van der Waals surface area (Å²) in [6, 6.07) is 12.0. The molecular formula is C26H24ClF3N4. The van der Waals surface area contributed by atoms with Crippen molar-refractivity contribution in [2.75, 3.05) is 5.32 Å². The van der Waals surface area contributed by atoms with Crippen LogP contribution in [0.4, 0.5) is 19.0 Å². The van der Waals surface area contributed by atoms with Crippen LogP contribution in [0.3, 0.4) is 0 Å². The van der Waals surface area contributed by atoms with Crippen LogP contribution >= 0.6 is 11.6 Å². The zero-order valence-electron chi connectivity index (χ0n) is 18.5. The first-order valence-corrected chi connectivity index (χ1v) is 11.9. The van der Waals surface area contributed by atoms with E-state index in [4.69, 9.17) is 21.6 Å². The first-order valence-electron chi connectivity index (χ1n) is 11.5.